The molecule has 1 rings (SSSR count). The summed E-state index contributed by atoms with van der Waals surface area (Å²) in [5.74, 6) is -0.373. The van der Waals surface area contributed by atoms with Crippen LogP contribution in [0.15, 0.2) is 17.0 Å². The van der Waals surface area contributed by atoms with Gasteiger partial charge in [0.25, 0.3) is 15.0 Å². The molecule has 0 saturated heterocycles. The lowest BCUT2D eigenvalue weighted by Gasteiger charge is -2.18. The number of carbonyl (C=O) groups excluding carboxylic acids is 1. The van der Waals surface area contributed by atoms with Crippen molar-refractivity contribution in [3.05, 3.63) is 27.7 Å². The van der Waals surface area contributed by atoms with E-state index in [9.17, 15) is 13.2 Å². The van der Waals surface area contributed by atoms with Crippen molar-refractivity contribution in [2.45, 2.75) is 24.7 Å². The Morgan fingerprint density at radius 2 is 1.85 bits per heavy atom. The molecule has 1 aromatic rings. The predicted octanol–water partition coefficient (Wildman–Crippen LogP) is 3.79. The average Bonchev–Trinajstić information content (AvgIpc) is 2.33. The summed E-state index contributed by atoms with van der Waals surface area (Å²) in [6, 6.07) is 2.32. The Bertz CT molecular complexity index is 617. The van der Waals surface area contributed by atoms with Gasteiger partial charge in [-0.25, -0.2) is 8.42 Å². The van der Waals surface area contributed by atoms with E-state index in [2.05, 4.69) is 0 Å². The van der Waals surface area contributed by atoms with Crippen LogP contribution in [0, 0.1) is 0 Å². The Kier molecular flexibility index (Phi) is 6.13. The van der Waals surface area contributed by atoms with E-state index >= 15 is 0 Å². The van der Waals surface area contributed by atoms with Gasteiger partial charge >= 0.3 is 0 Å². The van der Waals surface area contributed by atoms with Crippen molar-refractivity contribution in [2.24, 2.45) is 0 Å². The lowest BCUT2D eigenvalue weighted by Crippen LogP contribution is -2.28. The van der Waals surface area contributed by atoms with Gasteiger partial charge in [-0.2, -0.15) is 0 Å². The third-order valence-electron chi connectivity index (χ3n) is 2.71. The summed E-state index contributed by atoms with van der Waals surface area (Å²) in [7, 11) is 2.86. The van der Waals surface area contributed by atoms with Crippen LogP contribution in [-0.2, 0) is 9.05 Å². The molecule has 0 spiro atoms. The summed E-state index contributed by atoms with van der Waals surface area (Å²) in [4.78, 5) is 13.4. The molecule has 0 unspecified atom stereocenters. The van der Waals surface area contributed by atoms with Gasteiger partial charge in [0, 0.05) is 24.3 Å². The van der Waals surface area contributed by atoms with E-state index in [4.69, 9.17) is 33.9 Å². The molecule has 0 aliphatic heterocycles. The van der Waals surface area contributed by atoms with Gasteiger partial charge in [0.15, 0.2) is 0 Å². The summed E-state index contributed by atoms with van der Waals surface area (Å²) < 4.78 is 22.8. The van der Waals surface area contributed by atoms with Crippen molar-refractivity contribution in [3.8, 4) is 0 Å². The van der Waals surface area contributed by atoms with Crippen LogP contribution in [0.4, 0.5) is 0 Å². The number of unbranched alkanes of at least 4 members (excludes halogenated alkanes) is 1. The number of hydrogen-bond acceptors (Lipinski definition) is 3. The molecule has 0 bridgehead atoms. The molecule has 0 aliphatic rings. The Morgan fingerprint density at radius 1 is 1.25 bits per heavy atom. The van der Waals surface area contributed by atoms with Crippen LogP contribution in [0.25, 0.3) is 0 Å². The molecule has 0 radical (unpaired) electrons. The molecule has 1 amide bonds. The number of amides is 1. The van der Waals surface area contributed by atoms with Gasteiger partial charge in [-0.3, -0.25) is 4.79 Å². The minimum absolute atomic E-state index is 0.0638. The van der Waals surface area contributed by atoms with E-state index in [1.54, 1.807) is 7.05 Å². The largest absolute Gasteiger partial charge is 0.342 e. The summed E-state index contributed by atoms with van der Waals surface area (Å²) in [5.41, 5.74) is 0.0638. The zero-order valence-corrected chi connectivity index (χ0v) is 14.1. The minimum atomic E-state index is -4.04. The van der Waals surface area contributed by atoms with Crippen LogP contribution >= 0.6 is 33.9 Å². The molecule has 1 aromatic carbocycles. The third-order valence-corrected chi connectivity index (χ3v) is 4.81. The van der Waals surface area contributed by atoms with Gasteiger partial charge in [0.05, 0.1) is 15.6 Å². The fourth-order valence-corrected chi connectivity index (χ4v) is 3.40. The molecule has 0 atom stereocenters. The van der Waals surface area contributed by atoms with Gasteiger partial charge in [0.2, 0.25) is 0 Å². The maximum absolute atomic E-state index is 12.2. The standard InChI is InChI=1S/C12H14Cl3NO3S/c1-3-4-5-16(2)12(17)8-6-11(20(15,18)19)10(14)7-9(8)13/h6-7H,3-5H2,1-2H3. The van der Waals surface area contributed by atoms with E-state index in [1.165, 1.54) is 11.0 Å². The van der Waals surface area contributed by atoms with Crippen molar-refractivity contribution >= 4 is 48.8 Å². The Labute approximate surface area is 133 Å². The van der Waals surface area contributed by atoms with E-state index < -0.39 is 9.05 Å². The topological polar surface area (TPSA) is 54.5 Å². The number of hydrogen-bond donors (Lipinski definition) is 0. The second-order valence-electron chi connectivity index (χ2n) is 4.28. The van der Waals surface area contributed by atoms with Gasteiger partial charge in [-0.05, 0) is 18.6 Å². The lowest BCUT2D eigenvalue weighted by atomic mass is 10.2. The highest BCUT2D eigenvalue weighted by atomic mass is 35.7. The average molecular weight is 359 g/mol. The molecular weight excluding hydrogens is 345 g/mol. The molecule has 0 saturated carbocycles. The number of halogens is 3. The predicted molar refractivity (Wildman–Crippen MR) is 81.4 cm³/mol. The highest BCUT2D eigenvalue weighted by Crippen LogP contribution is 2.31. The first-order valence-electron chi connectivity index (χ1n) is 5.87. The first kappa shape index (κ1) is 17.6. The number of benzene rings is 1. The summed E-state index contributed by atoms with van der Waals surface area (Å²) in [6.07, 6.45) is 1.78. The van der Waals surface area contributed by atoms with Crippen LogP contribution in [0.1, 0.15) is 30.1 Å². The molecule has 4 nitrogen and oxygen atoms in total. The normalized spacial score (nSPS) is 11.4. The molecule has 0 aliphatic carbocycles. The summed E-state index contributed by atoms with van der Waals surface area (Å²) in [5, 5.41) is -0.0230. The van der Waals surface area contributed by atoms with Gasteiger partial charge < -0.3 is 4.90 Å². The fourth-order valence-electron chi connectivity index (χ4n) is 1.58. The first-order valence-corrected chi connectivity index (χ1v) is 8.94. The maximum atomic E-state index is 12.2. The highest BCUT2D eigenvalue weighted by Gasteiger charge is 2.22. The zero-order valence-electron chi connectivity index (χ0n) is 11.0. The Hall–Kier alpha value is -0.490. The molecule has 0 aromatic heterocycles. The first-order chi connectivity index (χ1) is 9.18. The molecule has 8 heteroatoms. The number of rotatable bonds is 5. The second-order valence-corrected chi connectivity index (χ2v) is 7.63. The van der Waals surface area contributed by atoms with E-state index in [0.29, 0.717) is 6.54 Å². The van der Waals surface area contributed by atoms with Crippen LogP contribution in [0.3, 0.4) is 0 Å². The molecule has 0 N–H and O–H groups in total. The fraction of sp³-hybridized carbons (Fsp3) is 0.417. The number of carbonyl (C=O) groups is 1. The van der Waals surface area contributed by atoms with E-state index in [-0.39, 0.29) is 26.4 Å². The van der Waals surface area contributed by atoms with Crippen LogP contribution < -0.4 is 0 Å². The van der Waals surface area contributed by atoms with Gasteiger partial charge in [0.1, 0.15) is 4.90 Å². The zero-order chi connectivity index (χ0) is 15.5. The SMILES string of the molecule is CCCCN(C)C(=O)c1cc(S(=O)(=O)Cl)c(Cl)cc1Cl. The molecular formula is C12H14Cl3NO3S. The number of nitrogens with zero attached hydrogens (tertiary/aromatic N) is 1. The van der Waals surface area contributed by atoms with Crippen molar-refractivity contribution < 1.29 is 13.2 Å². The molecule has 0 heterocycles. The third kappa shape index (κ3) is 4.25. The Balaban J connectivity index is 3.22. The van der Waals surface area contributed by atoms with Crippen molar-refractivity contribution in [1.82, 2.24) is 4.90 Å². The van der Waals surface area contributed by atoms with E-state index in [1.807, 2.05) is 6.92 Å². The Morgan fingerprint density at radius 3 is 2.35 bits per heavy atom. The highest BCUT2D eigenvalue weighted by molar-refractivity contribution is 8.13. The van der Waals surface area contributed by atoms with Crippen LogP contribution in [0.2, 0.25) is 10.0 Å². The van der Waals surface area contributed by atoms with Crippen LogP contribution in [0.5, 0.6) is 0 Å². The van der Waals surface area contributed by atoms with Crippen molar-refractivity contribution in [2.75, 3.05) is 13.6 Å². The smallest absolute Gasteiger partial charge is 0.262 e. The van der Waals surface area contributed by atoms with E-state index in [0.717, 1.165) is 18.9 Å². The monoisotopic (exact) mass is 357 g/mol. The molecule has 112 valence electrons. The van der Waals surface area contributed by atoms with Crippen molar-refractivity contribution in [1.29, 1.82) is 0 Å². The lowest BCUT2D eigenvalue weighted by molar-refractivity contribution is 0.0793. The quantitative estimate of drug-likeness (QED) is 0.752. The van der Waals surface area contributed by atoms with Gasteiger partial charge in [-0.15, -0.1) is 0 Å². The summed E-state index contributed by atoms with van der Waals surface area (Å²) >= 11 is 11.7. The maximum Gasteiger partial charge on any atom is 0.262 e. The minimum Gasteiger partial charge on any atom is -0.342 e. The molecule has 0 fully saturated rings. The molecule has 20 heavy (non-hydrogen) atoms. The van der Waals surface area contributed by atoms with Gasteiger partial charge in [-0.1, -0.05) is 36.5 Å². The second kappa shape index (κ2) is 6.98. The summed E-state index contributed by atoms with van der Waals surface area (Å²) in [6.45, 7) is 2.56. The van der Waals surface area contributed by atoms with Crippen LogP contribution in [-0.4, -0.2) is 32.8 Å². The van der Waals surface area contributed by atoms with Crippen molar-refractivity contribution in [3.63, 3.8) is 0 Å².